The molecule has 0 aliphatic carbocycles. The van der Waals surface area contributed by atoms with Gasteiger partial charge in [-0.05, 0) is 26.7 Å². The minimum Gasteiger partial charge on any atom is -0.469 e. The van der Waals surface area contributed by atoms with Crippen molar-refractivity contribution in [2.24, 2.45) is 0 Å². The number of unbranched alkanes of at least 4 members (excludes halogenated alkanes) is 13. The van der Waals surface area contributed by atoms with Crippen LogP contribution in [0.3, 0.4) is 0 Å². The molecule has 0 aromatic heterocycles. The van der Waals surface area contributed by atoms with Gasteiger partial charge in [0.2, 0.25) is 0 Å². The third-order valence-electron chi connectivity index (χ3n) is 5.31. The first-order valence-electron chi connectivity index (χ1n) is 11.7. The maximum atomic E-state index is 6.06. The third-order valence-corrected chi connectivity index (χ3v) is 5.31. The quantitative estimate of drug-likeness (QED) is 0.164. The van der Waals surface area contributed by atoms with Crippen molar-refractivity contribution in [3.8, 4) is 0 Å². The summed E-state index contributed by atoms with van der Waals surface area (Å²) in [6, 6.07) is 0. The van der Waals surface area contributed by atoms with Gasteiger partial charge in [-0.2, -0.15) is 0 Å². The number of allylic oxidation sites excluding steroid dienone is 1. The van der Waals surface area contributed by atoms with E-state index in [-0.39, 0.29) is 6.10 Å². The molecule has 27 heavy (non-hydrogen) atoms. The smallest absolute Gasteiger partial charge is 0.277 e. The summed E-state index contributed by atoms with van der Waals surface area (Å²) in [5, 5.41) is 0. The largest absolute Gasteiger partial charge is 0.469 e. The van der Waals surface area contributed by atoms with Gasteiger partial charge in [-0.25, -0.2) is 0 Å². The van der Waals surface area contributed by atoms with E-state index in [1.165, 1.54) is 95.8 Å². The number of hydrogen-bond donors (Lipinski definition) is 0. The topological polar surface area (TPSA) is 18.5 Å². The molecule has 0 aromatic carbocycles. The SMILES string of the molecule is CCCCCCCCCCCCCCCCC(OC(OC)=C(C)C)[C](C)C. The van der Waals surface area contributed by atoms with Gasteiger partial charge in [0.1, 0.15) is 6.10 Å². The van der Waals surface area contributed by atoms with Gasteiger partial charge in [-0.3, -0.25) is 0 Å². The molecule has 2 nitrogen and oxygen atoms in total. The first-order valence-corrected chi connectivity index (χ1v) is 11.7. The molecule has 1 unspecified atom stereocenters. The molecular formula is C25H49O2. The Morgan fingerprint density at radius 1 is 0.630 bits per heavy atom. The van der Waals surface area contributed by atoms with Crippen LogP contribution in [0.25, 0.3) is 0 Å². The minimum absolute atomic E-state index is 0.187. The Balaban J connectivity index is 3.57. The van der Waals surface area contributed by atoms with Crippen LogP contribution in [0.2, 0.25) is 0 Å². The molecule has 0 fully saturated rings. The fourth-order valence-corrected chi connectivity index (χ4v) is 3.49. The molecule has 0 N–H and O–H groups in total. The molecule has 0 rings (SSSR count). The van der Waals surface area contributed by atoms with Crippen LogP contribution in [0.5, 0.6) is 0 Å². The second-order valence-corrected chi connectivity index (χ2v) is 8.56. The lowest BCUT2D eigenvalue weighted by atomic mass is 9.99. The maximum Gasteiger partial charge on any atom is 0.277 e. The Hall–Kier alpha value is -0.660. The van der Waals surface area contributed by atoms with Gasteiger partial charge >= 0.3 is 0 Å². The van der Waals surface area contributed by atoms with Gasteiger partial charge in [-0.1, -0.05) is 104 Å². The zero-order valence-corrected chi connectivity index (χ0v) is 19.5. The van der Waals surface area contributed by atoms with Crippen molar-refractivity contribution in [1.29, 1.82) is 0 Å². The molecule has 0 spiro atoms. The fraction of sp³-hybridized carbons (Fsp3) is 0.880. The molecule has 0 aliphatic rings. The summed E-state index contributed by atoms with van der Waals surface area (Å²) in [7, 11) is 1.69. The predicted molar refractivity (Wildman–Crippen MR) is 120 cm³/mol. The van der Waals surface area contributed by atoms with Gasteiger partial charge in [0, 0.05) is 11.5 Å². The van der Waals surface area contributed by atoms with Crippen molar-refractivity contribution in [2.45, 2.75) is 137 Å². The highest BCUT2D eigenvalue weighted by molar-refractivity contribution is 4.99. The van der Waals surface area contributed by atoms with Crippen molar-refractivity contribution in [3.05, 3.63) is 17.4 Å². The van der Waals surface area contributed by atoms with Gasteiger partial charge in [-0.15, -0.1) is 0 Å². The van der Waals surface area contributed by atoms with Crippen molar-refractivity contribution < 1.29 is 9.47 Å². The molecule has 161 valence electrons. The number of hydrogen-bond acceptors (Lipinski definition) is 2. The Morgan fingerprint density at radius 3 is 1.37 bits per heavy atom. The van der Waals surface area contributed by atoms with Crippen LogP contribution in [-0.2, 0) is 9.47 Å². The predicted octanol–water partition coefficient (Wildman–Crippen LogP) is 8.76. The van der Waals surface area contributed by atoms with E-state index in [4.69, 9.17) is 9.47 Å². The van der Waals surface area contributed by atoms with E-state index in [2.05, 4.69) is 20.8 Å². The molecule has 0 aliphatic heterocycles. The summed E-state index contributed by atoms with van der Waals surface area (Å²) < 4.78 is 11.4. The van der Waals surface area contributed by atoms with Gasteiger partial charge in [0.15, 0.2) is 0 Å². The summed E-state index contributed by atoms with van der Waals surface area (Å²) >= 11 is 0. The van der Waals surface area contributed by atoms with Crippen LogP contribution in [0.15, 0.2) is 11.5 Å². The molecule has 0 bridgehead atoms. The van der Waals surface area contributed by atoms with E-state index in [1.54, 1.807) is 7.11 Å². The average molecular weight is 382 g/mol. The minimum atomic E-state index is 0.187. The van der Waals surface area contributed by atoms with E-state index < -0.39 is 0 Å². The molecule has 0 amide bonds. The van der Waals surface area contributed by atoms with E-state index in [0.29, 0.717) is 5.95 Å². The summed E-state index contributed by atoms with van der Waals surface area (Å²) in [5.41, 5.74) is 1.10. The Kier molecular flexibility index (Phi) is 18.2. The Bertz CT molecular complexity index is 342. The zero-order valence-electron chi connectivity index (χ0n) is 19.5. The monoisotopic (exact) mass is 381 g/mol. The van der Waals surface area contributed by atoms with E-state index in [0.717, 1.165) is 12.0 Å². The van der Waals surface area contributed by atoms with E-state index in [9.17, 15) is 0 Å². The highest BCUT2D eigenvalue weighted by atomic mass is 16.7. The standard InChI is InChI=1S/C25H49O2/c1-7-8-9-10-11-12-13-14-15-16-17-18-19-20-21-24(22(2)3)27-25(26-6)23(4)5/h24H,7-21H2,1-6H3. The summed E-state index contributed by atoms with van der Waals surface area (Å²) in [6.45, 7) is 10.7. The second-order valence-electron chi connectivity index (χ2n) is 8.56. The van der Waals surface area contributed by atoms with Crippen molar-refractivity contribution in [3.63, 3.8) is 0 Å². The van der Waals surface area contributed by atoms with Crippen LogP contribution in [0.1, 0.15) is 131 Å². The Morgan fingerprint density at radius 2 is 1.04 bits per heavy atom. The van der Waals surface area contributed by atoms with Crippen molar-refractivity contribution >= 4 is 0 Å². The average Bonchev–Trinajstić information content (AvgIpc) is 2.63. The van der Waals surface area contributed by atoms with E-state index >= 15 is 0 Å². The molecule has 0 saturated carbocycles. The van der Waals surface area contributed by atoms with Gasteiger partial charge in [0.25, 0.3) is 5.95 Å². The fourth-order valence-electron chi connectivity index (χ4n) is 3.49. The molecule has 1 radical (unpaired) electrons. The molecule has 0 aromatic rings. The lowest BCUT2D eigenvalue weighted by Gasteiger charge is -2.23. The Labute approximate surface area is 171 Å². The zero-order chi connectivity index (χ0) is 20.3. The number of rotatable bonds is 19. The first-order chi connectivity index (χ1) is 13.0. The lowest BCUT2D eigenvalue weighted by Crippen LogP contribution is -2.19. The van der Waals surface area contributed by atoms with Crippen LogP contribution < -0.4 is 0 Å². The summed E-state index contributed by atoms with van der Waals surface area (Å²) in [4.78, 5) is 0. The highest BCUT2D eigenvalue weighted by Gasteiger charge is 2.17. The van der Waals surface area contributed by atoms with Crippen LogP contribution in [-0.4, -0.2) is 13.2 Å². The normalized spacial score (nSPS) is 12.3. The third kappa shape index (κ3) is 16.0. The van der Waals surface area contributed by atoms with Crippen LogP contribution in [0.4, 0.5) is 0 Å². The molecule has 0 heterocycles. The van der Waals surface area contributed by atoms with Crippen LogP contribution in [0, 0.1) is 5.92 Å². The maximum absolute atomic E-state index is 6.06. The van der Waals surface area contributed by atoms with Crippen molar-refractivity contribution in [2.75, 3.05) is 7.11 Å². The number of methoxy groups -OCH3 is 1. The second kappa shape index (κ2) is 18.7. The molecule has 1 atom stereocenters. The summed E-state index contributed by atoms with van der Waals surface area (Å²) in [5.74, 6) is 2.02. The first kappa shape index (κ1) is 26.3. The molecule has 0 saturated heterocycles. The summed E-state index contributed by atoms with van der Waals surface area (Å²) in [6.07, 6.45) is 20.9. The lowest BCUT2D eigenvalue weighted by molar-refractivity contribution is 0.0102. The highest BCUT2D eigenvalue weighted by Crippen LogP contribution is 2.22. The molecule has 2 heteroatoms. The van der Waals surface area contributed by atoms with Gasteiger partial charge < -0.3 is 9.47 Å². The van der Waals surface area contributed by atoms with Crippen LogP contribution >= 0.6 is 0 Å². The molecular weight excluding hydrogens is 332 g/mol. The van der Waals surface area contributed by atoms with E-state index in [1.807, 2.05) is 13.8 Å². The van der Waals surface area contributed by atoms with Gasteiger partial charge in [0.05, 0.1) is 7.11 Å². The van der Waals surface area contributed by atoms with Crippen molar-refractivity contribution in [1.82, 2.24) is 0 Å². The number of ether oxygens (including phenoxy) is 2.